The number of anilines is 1. The van der Waals surface area contributed by atoms with Crippen LogP contribution in [0.15, 0.2) is 45.2 Å². The average molecular weight is 586 g/mol. The van der Waals surface area contributed by atoms with Gasteiger partial charge >= 0.3 is 6.18 Å². The molecule has 0 aromatic heterocycles. The van der Waals surface area contributed by atoms with Gasteiger partial charge in [-0.25, -0.2) is 13.4 Å². The lowest BCUT2D eigenvalue weighted by Crippen LogP contribution is -2.38. The zero-order chi connectivity index (χ0) is 28.5. The maximum Gasteiger partial charge on any atom is 0.417 e. The lowest BCUT2D eigenvalue weighted by molar-refractivity contribution is -0.137. The molecule has 0 unspecified atom stereocenters. The van der Waals surface area contributed by atoms with Crippen LogP contribution in [-0.2, 0) is 20.8 Å². The van der Waals surface area contributed by atoms with Crippen LogP contribution in [0.25, 0.3) is 11.1 Å². The van der Waals surface area contributed by atoms with Gasteiger partial charge in [0, 0.05) is 31.3 Å². The van der Waals surface area contributed by atoms with E-state index in [1.807, 2.05) is 0 Å². The van der Waals surface area contributed by atoms with Gasteiger partial charge in [0.15, 0.2) is 9.84 Å². The molecule has 1 saturated heterocycles. The molecule has 0 bridgehead atoms. The Bertz CT molecular complexity index is 1450. The lowest BCUT2D eigenvalue weighted by atomic mass is 9.98. The van der Waals surface area contributed by atoms with Crippen molar-refractivity contribution in [3.63, 3.8) is 0 Å². The molecule has 0 spiro atoms. The number of likely N-dealkylation sites (tertiary alicyclic amines) is 1. The summed E-state index contributed by atoms with van der Waals surface area (Å²) in [6.07, 6.45) is -3.82. The Kier molecular flexibility index (Phi) is 8.12. The van der Waals surface area contributed by atoms with Crippen LogP contribution in [0.2, 0.25) is 5.02 Å². The van der Waals surface area contributed by atoms with Crippen molar-refractivity contribution in [3.05, 3.63) is 40.9 Å². The predicted molar refractivity (Wildman–Crippen MR) is 143 cm³/mol. The molecule has 0 radical (unpaired) electrons. The quantitative estimate of drug-likeness (QED) is 0.523. The summed E-state index contributed by atoms with van der Waals surface area (Å²) in [6, 6.07) is 5.94. The van der Waals surface area contributed by atoms with Crippen molar-refractivity contribution in [2.45, 2.75) is 30.8 Å². The van der Waals surface area contributed by atoms with E-state index in [1.165, 1.54) is 32.2 Å². The van der Waals surface area contributed by atoms with E-state index in [0.29, 0.717) is 25.9 Å². The Morgan fingerprint density at radius 3 is 2.49 bits per heavy atom. The van der Waals surface area contributed by atoms with Gasteiger partial charge in [0.05, 0.1) is 23.4 Å². The Morgan fingerprint density at radius 2 is 1.92 bits per heavy atom. The smallest absolute Gasteiger partial charge is 0.417 e. The average Bonchev–Trinajstić information content (AvgIpc) is 3.27. The molecule has 1 amide bonds. The van der Waals surface area contributed by atoms with Crippen molar-refractivity contribution in [1.29, 1.82) is 0 Å². The fourth-order valence-corrected chi connectivity index (χ4v) is 6.87. The second kappa shape index (κ2) is 11.0. The van der Waals surface area contributed by atoms with Crippen molar-refractivity contribution in [1.82, 2.24) is 4.90 Å². The lowest BCUT2D eigenvalue weighted by Gasteiger charge is -2.31. The zero-order valence-electron chi connectivity index (χ0n) is 21.2. The van der Waals surface area contributed by atoms with Gasteiger partial charge in [-0.1, -0.05) is 17.7 Å². The van der Waals surface area contributed by atoms with E-state index in [9.17, 15) is 26.4 Å². The number of sulfone groups is 1. The summed E-state index contributed by atoms with van der Waals surface area (Å²) < 4.78 is 74.8. The number of nitrogens with two attached hydrogens (primary N) is 1. The first kappa shape index (κ1) is 28.7. The normalized spacial score (nSPS) is 16.6. The summed E-state index contributed by atoms with van der Waals surface area (Å²) in [7, 11) is -2.68. The molecular weight excluding hydrogens is 559 g/mol. The number of benzene rings is 2. The number of nitrogens with one attached hydrogen (secondary N) is 1. The highest BCUT2D eigenvalue weighted by Crippen LogP contribution is 2.44. The van der Waals surface area contributed by atoms with Crippen molar-refractivity contribution in [3.8, 4) is 16.9 Å². The topological polar surface area (TPSA) is 126 Å². The molecule has 2 aromatic rings. The van der Waals surface area contributed by atoms with E-state index in [-0.39, 0.29) is 68.4 Å². The second-order valence-corrected chi connectivity index (χ2v) is 11.8. The van der Waals surface area contributed by atoms with Gasteiger partial charge < -0.3 is 20.7 Å². The predicted octanol–water partition coefficient (Wildman–Crippen LogP) is 4.21. The van der Waals surface area contributed by atoms with Crippen molar-refractivity contribution >= 4 is 44.8 Å². The summed E-state index contributed by atoms with van der Waals surface area (Å²) in [6.45, 7) is 2.48. The van der Waals surface area contributed by atoms with E-state index in [0.717, 1.165) is 12.1 Å². The van der Waals surface area contributed by atoms with E-state index in [1.54, 1.807) is 4.90 Å². The monoisotopic (exact) mass is 585 g/mol. The number of halogens is 4. The van der Waals surface area contributed by atoms with Gasteiger partial charge in [-0.3, -0.25) is 4.79 Å². The number of rotatable bonds is 6. The molecule has 210 valence electrons. The van der Waals surface area contributed by atoms with Crippen LogP contribution >= 0.6 is 11.6 Å². The molecule has 2 aromatic carbocycles. The molecular formula is C25H27ClF3N5O4S. The third-order valence-corrected chi connectivity index (χ3v) is 8.79. The van der Waals surface area contributed by atoms with E-state index < -0.39 is 21.6 Å². The Balaban J connectivity index is 1.71. The van der Waals surface area contributed by atoms with Crippen LogP contribution in [0.3, 0.4) is 0 Å². The first-order valence-electron chi connectivity index (χ1n) is 12.0. The second-order valence-electron chi connectivity index (χ2n) is 9.34. The third kappa shape index (κ3) is 6.47. The maximum atomic E-state index is 14.2. The Morgan fingerprint density at radius 1 is 1.23 bits per heavy atom. The number of piperidine rings is 1. The number of hydrogen-bond acceptors (Lipinski definition) is 8. The first-order chi connectivity index (χ1) is 18.3. The molecule has 3 N–H and O–H groups in total. The van der Waals surface area contributed by atoms with Gasteiger partial charge in [0.25, 0.3) is 0 Å². The molecule has 4 rings (SSSR count). The van der Waals surface area contributed by atoms with Crippen LogP contribution in [-0.4, -0.2) is 63.5 Å². The van der Waals surface area contributed by atoms with Crippen LogP contribution in [0.5, 0.6) is 5.75 Å². The number of amidine groups is 1. The number of aliphatic imine (C=N–C) groups is 2. The number of alkyl halides is 3. The number of carbonyl (C=O) groups excluding carboxylic acids is 1. The molecule has 14 heteroatoms. The summed E-state index contributed by atoms with van der Waals surface area (Å²) in [5, 5.41) is 2.41. The van der Waals surface area contributed by atoms with Crippen molar-refractivity contribution in [2.75, 3.05) is 37.8 Å². The molecule has 1 fully saturated rings. The number of guanidine groups is 1. The summed E-state index contributed by atoms with van der Waals surface area (Å²) >= 11 is 6.37. The summed E-state index contributed by atoms with van der Waals surface area (Å²) in [5.74, 6) is -0.236. The zero-order valence-corrected chi connectivity index (χ0v) is 22.8. The van der Waals surface area contributed by atoms with Crippen molar-refractivity contribution in [2.24, 2.45) is 21.6 Å². The molecule has 2 aliphatic heterocycles. The van der Waals surface area contributed by atoms with Gasteiger partial charge in [-0.05, 0) is 48.6 Å². The van der Waals surface area contributed by atoms with Gasteiger partial charge in [0.1, 0.15) is 23.0 Å². The molecule has 2 aliphatic rings. The van der Waals surface area contributed by atoms with Crippen LogP contribution in [0, 0.1) is 5.92 Å². The largest absolute Gasteiger partial charge is 0.495 e. The highest BCUT2D eigenvalue weighted by atomic mass is 35.5. The number of nitrogens with zero attached hydrogens (tertiary/aromatic N) is 3. The van der Waals surface area contributed by atoms with Crippen LogP contribution < -0.4 is 15.8 Å². The molecule has 0 atom stereocenters. The summed E-state index contributed by atoms with van der Waals surface area (Å²) in [5.41, 5.74) is 4.08. The number of ether oxygens (including phenoxy) is 1. The number of methoxy groups -OCH3 is 1. The van der Waals surface area contributed by atoms with Gasteiger partial charge in [-0.15, -0.1) is 0 Å². The first-order valence-corrected chi connectivity index (χ1v) is 14.0. The molecule has 0 saturated carbocycles. The minimum absolute atomic E-state index is 0.00784. The third-order valence-electron chi connectivity index (χ3n) is 6.59. The fraction of sp³-hybridized carbons (Fsp3) is 0.400. The molecule has 2 heterocycles. The molecule has 0 aliphatic carbocycles. The number of amides is 1. The highest BCUT2D eigenvalue weighted by molar-refractivity contribution is 7.91. The van der Waals surface area contributed by atoms with Gasteiger partial charge in [0.2, 0.25) is 11.9 Å². The highest BCUT2D eigenvalue weighted by Gasteiger charge is 2.36. The minimum atomic E-state index is -4.82. The fourth-order valence-electron chi connectivity index (χ4n) is 4.64. The minimum Gasteiger partial charge on any atom is -0.495 e. The molecule has 39 heavy (non-hydrogen) atoms. The van der Waals surface area contributed by atoms with Crippen LogP contribution in [0.4, 0.5) is 18.9 Å². The van der Waals surface area contributed by atoms with Crippen LogP contribution in [0.1, 0.15) is 25.3 Å². The SMILES string of the molecule is COc1ccc(-c2c(Cl)cc(NC3=NCC(N)=N3)cc2C(F)(F)F)cc1S(=O)(=O)CC1CCN(C(C)=O)CC1. The Labute approximate surface area is 228 Å². The van der Waals surface area contributed by atoms with Gasteiger partial charge in [-0.2, -0.15) is 18.2 Å². The van der Waals surface area contributed by atoms with E-state index in [2.05, 4.69) is 15.3 Å². The van der Waals surface area contributed by atoms with E-state index in [4.69, 9.17) is 22.1 Å². The van der Waals surface area contributed by atoms with E-state index >= 15 is 0 Å². The Hall–Kier alpha value is -3.32. The molecule has 9 nitrogen and oxygen atoms in total. The number of hydrogen-bond donors (Lipinski definition) is 2. The standard InChI is InChI=1S/C25H27ClF3N5O4S/c1-14(35)34-7-5-15(6-8-34)13-39(36,37)21-9-16(3-4-20(21)38-2)23-18(25(27,28)29)10-17(11-19(23)26)32-24-31-12-22(30)33-24/h3-4,9-11,15H,5-8,12-13H2,1-2H3,(H3,30,31,32,33). The maximum absolute atomic E-state index is 14.2. The summed E-state index contributed by atoms with van der Waals surface area (Å²) in [4.78, 5) is 20.9. The number of carbonyl (C=O) groups is 1. The van der Waals surface area contributed by atoms with Crippen molar-refractivity contribution < 1.29 is 31.1 Å².